The summed E-state index contributed by atoms with van der Waals surface area (Å²) in [6.07, 6.45) is 1.92. The van der Waals surface area contributed by atoms with Crippen molar-refractivity contribution in [1.29, 1.82) is 0 Å². The SMILES string of the molecule is CCN(Cc1cc(F)ccc1B1OC(C)(C)C(C)(C)O1)C(=O)C1CC1. The van der Waals surface area contributed by atoms with Gasteiger partial charge in [0, 0.05) is 19.0 Å². The third kappa shape index (κ3) is 3.60. The van der Waals surface area contributed by atoms with Gasteiger partial charge in [0.25, 0.3) is 0 Å². The summed E-state index contributed by atoms with van der Waals surface area (Å²) in [4.78, 5) is 14.2. The fourth-order valence-electron chi connectivity index (χ4n) is 3.05. The lowest BCUT2D eigenvalue weighted by Gasteiger charge is -2.32. The van der Waals surface area contributed by atoms with Crippen molar-refractivity contribution >= 4 is 18.5 Å². The van der Waals surface area contributed by atoms with E-state index in [-0.39, 0.29) is 17.6 Å². The third-order valence-electron chi connectivity index (χ3n) is 5.59. The summed E-state index contributed by atoms with van der Waals surface area (Å²) in [6, 6.07) is 4.62. The number of hydrogen-bond donors (Lipinski definition) is 0. The minimum Gasteiger partial charge on any atom is -0.399 e. The Bertz CT molecular complexity index is 657. The minimum absolute atomic E-state index is 0.147. The summed E-state index contributed by atoms with van der Waals surface area (Å²) in [5.74, 6) is -0.00868. The molecule has 1 aliphatic heterocycles. The van der Waals surface area contributed by atoms with Gasteiger partial charge in [-0.15, -0.1) is 0 Å². The Morgan fingerprint density at radius 1 is 1.24 bits per heavy atom. The molecule has 1 aromatic rings. The Hall–Kier alpha value is -1.40. The lowest BCUT2D eigenvalue weighted by atomic mass is 9.75. The normalized spacial score (nSPS) is 21.4. The number of carbonyl (C=O) groups is 1. The summed E-state index contributed by atoms with van der Waals surface area (Å²) >= 11 is 0. The van der Waals surface area contributed by atoms with E-state index in [2.05, 4.69) is 0 Å². The van der Waals surface area contributed by atoms with E-state index in [1.807, 2.05) is 34.6 Å². The van der Waals surface area contributed by atoms with Crippen LogP contribution < -0.4 is 5.46 Å². The number of hydrogen-bond acceptors (Lipinski definition) is 3. The van der Waals surface area contributed by atoms with Gasteiger partial charge in [-0.25, -0.2) is 4.39 Å². The predicted octanol–water partition coefficient (Wildman–Crippen LogP) is 2.88. The summed E-state index contributed by atoms with van der Waals surface area (Å²) in [6.45, 7) is 10.9. The topological polar surface area (TPSA) is 38.8 Å². The Morgan fingerprint density at radius 3 is 2.36 bits per heavy atom. The van der Waals surface area contributed by atoms with Gasteiger partial charge in [-0.3, -0.25) is 4.79 Å². The number of halogens is 1. The monoisotopic (exact) mass is 347 g/mol. The van der Waals surface area contributed by atoms with E-state index in [0.717, 1.165) is 23.9 Å². The molecule has 6 heteroatoms. The van der Waals surface area contributed by atoms with Crippen molar-refractivity contribution in [2.45, 2.75) is 65.2 Å². The van der Waals surface area contributed by atoms with Crippen LogP contribution in [0.15, 0.2) is 18.2 Å². The van der Waals surface area contributed by atoms with E-state index in [4.69, 9.17) is 9.31 Å². The number of nitrogens with zero attached hydrogens (tertiary/aromatic N) is 1. The first kappa shape index (κ1) is 18.4. The van der Waals surface area contributed by atoms with E-state index in [1.54, 1.807) is 11.0 Å². The van der Waals surface area contributed by atoms with Crippen molar-refractivity contribution in [3.8, 4) is 0 Å². The highest BCUT2D eigenvalue weighted by atomic mass is 19.1. The average Bonchev–Trinajstić information content (AvgIpc) is 3.32. The van der Waals surface area contributed by atoms with Gasteiger partial charge in [-0.2, -0.15) is 0 Å². The highest BCUT2D eigenvalue weighted by Crippen LogP contribution is 2.37. The average molecular weight is 347 g/mol. The molecular weight excluding hydrogens is 320 g/mol. The van der Waals surface area contributed by atoms with Crippen molar-refractivity contribution in [3.63, 3.8) is 0 Å². The fraction of sp³-hybridized carbons (Fsp3) is 0.632. The lowest BCUT2D eigenvalue weighted by molar-refractivity contribution is -0.132. The van der Waals surface area contributed by atoms with Crippen LogP contribution in [0.1, 0.15) is 53.0 Å². The molecule has 2 aliphatic rings. The van der Waals surface area contributed by atoms with Gasteiger partial charge < -0.3 is 14.2 Å². The largest absolute Gasteiger partial charge is 0.495 e. The second kappa shape index (κ2) is 6.40. The van der Waals surface area contributed by atoms with Gasteiger partial charge in [0.1, 0.15) is 5.82 Å². The van der Waals surface area contributed by atoms with Crippen molar-refractivity contribution < 1.29 is 18.5 Å². The zero-order chi connectivity index (χ0) is 18.4. The summed E-state index contributed by atoms with van der Waals surface area (Å²) < 4.78 is 26.1. The maximum atomic E-state index is 13.9. The lowest BCUT2D eigenvalue weighted by Crippen LogP contribution is -2.41. The number of carbonyl (C=O) groups excluding carboxylic acids is 1. The van der Waals surface area contributed by atoms with Crippen molar-refractivity contribution in [3.05, 3.63) is 29.6 Å². The first-order chi connectivity index (χ1) is 11.6. The fourth-order valence-corrected chi connectivity index (χ4v) is 3.05. The molecular formula is C19H27BFNO3. The maximum Gasteiger partial charge on any atom is 0.495 e. The molecule has 0 unspecified atom stereocenters. The number of rotatable bonds is 5. The molecule has 0 atom stereocenters. The van der Waals surface area contributed by atoms with Gasteiger partial charge in [0.15, 0.2) is 0 Å². The van der Waals surface area contributed by atoms with Crippen LogP contribution in [0.3, 0.4) is 0 Å². The molecule has 1 heterocycles. The number of amides is 1. The molecule has 0 aromatic heterocycles. The zero-order valence-electron chi connectivity index (χ0n) is 15.8. The highest BCUT2D eigenvalue weighted by molar-refractivity contribution is 6.62. The van der Waals surface area contributed by atoms with Crippen molar-refractivity contribution in [2.75, 3.05) is 6.54 Å². The highest BCUT2D eigenvalue weighted by Gasteiger charge is 2.52. The van der Waals surface area contributed by atoms with Crippen LogP contribution in [0, 0.1) is 11.7 Å². The number of benzene rings is 1. The molecule has 0 N–H and O–H groups in total. The van der Waals surface area contributed by atoms with Crippen molar-refractivity contribution in [2.24, 2.45) is 5.92 Å². The second-order valence-electron chi connectivity index (χ2n) is 8.06. The van der Waals surface area contributed by atoms with E-state index in [1.165, 1.54) is 12.1 Å². The molecule has 0 spiro atoms. The van der Waals surface area contributed by atoms with Crippen LogP contribution in [-0.2, 0) is 20.6 Å². The Balaban J connectivity index is 1.87. The van der Waals surface area contributed by atoms with Crippen LogP contribution in [-0.4, -0.2) is 35.7 Å². The minimum atomic E-state index is -0.560. The smallest absolute Gasteiger partial charge is 0.399 e. The molecule has 2 fully saturated rings. The van der Waals surface area contributed by atoms with E-state index >= 15 is 0 Å². The summed E-state index contributed by atoms with van der Waals surface area (Å²) in [7, 11) is -0.560. The maximum absolute atomic E-state index is 13.9. The van der Waals surface area contributed by atoms with Gasteiger partial charge in [0.2, 0.25) is 5.91 Å². The first-order valence-corrected chi connectivity index (χ1v) is 9.07. The Morgan fingerprint density at radius 2 is 1.84 bits per heavy atom. The molecule has 1 amide bonds. The third-order valence-corrected chi connectivity index (χ3v) is 5.59. The standard InChI is InChI=1S/C19H27BFNO3/c1-6-22(17(23)13-7-8-13)12-14-11-15(21)9-10-16(14)20-24-18(2,3)19(4,5)25-20/h9-11,13H,6-8,12H2,1-5H3. The van der Waals surface area contributed by atoms with Crippen LogP contribution in [0.4, 0.5) is 4.39 Å². The molecule has 1 saturated heterocycles. The molecule has 1 saturated carbocycles. The van der Waals surface area contributed by atoms with Gasteiger partial charge in [-0.1, -0.05) is 6.07 Å². The Kier molecular flexibility index (Phi) is 4.71. The van der Waals surface area contributed by atoms with Crippen molar-refractivity contribution in [1.82, 2.24) is 4.90 Å². The summed E-state index contributed by atoms with van der Waals surface area (Å²) in [5, 5.41) is 0. The first-order valence-electron chi connectivity index (χ1n) is 9.07. The van der Waals surface area contributed by atoms with Crippen LogP contribution in [0.2, 0.25) is 0 Å². The molecule has 0 radical (unpaired) electrons. The van der Waals surface area contributed by atoms with Gasteiger partial charge in [0.05, 0.1) is 11.2 Å². The zero-order valence-corrected chi connectivity index (χ0v) is 15.8. The van der Waals surface area contributed by atoms with E-state index in [9.17, 15) is 9.18 Å². The second-order valence-corrected chi connectivity index (χ2v) is 8.06. The molecule has 3 rings (SSSR count). The molecule has 1 aliphatic carbocycles. The molecule has 4 nitrogen and oxygen atoms in total. The van der Waals surface area contributed by atoms with E-state index in [0.29, 0.717) is 13.1 Å². The van der Waals surface area contributed by atoms with E-state index < -0.39 is 18.3 Å². The van der Waals surface area contributed by atoms with Crippen LogP contribution in [0.25, 0.3) is 0 Å². The molecule has 136 valence electrons. The van der Waals surface area contributed by atoms with Crippen LogP contribution >= 0.6 is 0 Å². The molecule has 1 aromatic carbocycles. The molecule has 0 bridgehead atoms. The van der Waals surface area contributed by atoms with Gasteiger partial charge >= 0.3 is 7.12 Å². The van der Waals surface area contributed by atoms with Crippen LogP contribution in [0.5, 0.6) is 0 Å². The Labute approximate surface area is 149 Å². The molecule has 25 heavy (non-hydrogen) atoms. The quantitative estimate of drug-likeness (QED) is 0.769. The van der Waals surface area contributed by atoms with Gasteiger partial charge in [-0.05, 0) is 70.6 Å². The summed E-state index contributed by atoms with van der Waals surface area (Å²) in [5.41, 5.74) is 0.617. The predicted molar refractivity (Wildman–Crippen MR) is 95.9 cm³/mol.